The third-order valence-corrected chi connectivity index (χ3v) is 5.03. The fraction of sp³-hybridized carbons (Fsp3) is 0.167. The molecule has 2 aromatic carbocycles. The Balaban J connectivity index is 1.58. The number of methoxy groups -OCH3 is 1. The number of carbonyl (C=O) groups excluding carboxylic acids is 2. The number of nitrogens with zero attached hydrogens (tertiary/aromatic N) is 4. The van der Waals surface area contributed by atoms with Gasteiger partial charge in [-0.1, -0.05) is 30.3 Å². The fourth-order valence-corrected chi connectivity index (χ4v) is 3.44. The predicted octanol–water partition coefficient (Wildman–Crippen LogP) is 2.82. The Morgan fingerprint density at radius 3 is 2.45 bits per heavy atom. The summed E-state index contributed by atoms with van der Waals surface area (Å²) in [5.74, 6) is -0.240. The number of hydrazine groups is 1. The van der Waals surface area contributed by atoms with E-state index in [-0.39, 0.29) is 6.54 Å². The van der Waals surface area contributed by atoms with Gasteiger partial charge in [-0.05, 0) is 44.2 Å². The first-order valence-corrected chi connectivity index (χ1v) is 10.3. The van der Waals surface area contributed by atoms with Crippen LogP contribution in [-0.4, -0.2) is 38.5 Å². The van der Waals surface area contributed by atoms with Crippen LogP contribution in [0.15, 0.2) is 66.9 Å². The second kappa shape index (κ2) is 9.39. The lowest BCUT2D eigenvalue weighted by molar-refractivity contribution is -0.122. The summed E-state index contributed by atoms with van der Waals surface area (Å²) in [4.78, 5) is 25.4. The minimum absolute atomic E-state index is 0.00796. The molecule has 4 aromatic rings. The highest BCUT2D eigenvalue weighted by molar-refractivity contribution is 6.00. The molecular weight excluding hydrogens is 420 g/mol. The summed E-state index contributed by atoms with van der Waals surface area (Å²) in [6.07, 6.45) is 1.63. The van der Waals surface area contributed by atoms with Crippen molar-refractivity contribution in [2.75, 3.05) is 7.11 Å². The summed E-state index contributed by atoms with van der Waals surface area (Å²) in [6, 6.07) is 18.6. The molecule has 0 saturated heterocycles. The van der Waals surface area contributed by atoms with E-state index in [1.165, 1.54) is 0 Å². The van der Waals surface area contributed by atoms with Crippen molar-refractivity contribution in [2.24, 2.45) is 0 Å². The van der Waals surface area contributed by atoms with Crippen molar-refractivity contribution in [3.8, 4) is 22.7 Å². The highest BCUT2D eigenvalue weighted by Crippen LogP contribution is 2.26. The Morgan fingerprint density at radius 2 is 1.76 bits per heavy atom. The van der Waals surface area contributed by atoms with Gasteiger partial charge in [0.1, 0.15) is 18.0 Å². The molecule has 0 aliphatic carbocycles. The van der Waals surface area contributed by atoms with E-state index in [1.54, 1.807) is 28.7 Å². The number of hydrogen-bond donors (Lipinski definition) is 2. The second-order valence-corrected chi connectivity index (χ2v) is 7.49. The molecule has 2 amide bonds. The van der Waals surface area contributed by atoms with Gasteiger partial charge in [0, 0.05) is 17.5 Å². The van der Waals surface area contributed by atoms with Gasteiger partial charge in [-0.3, -0.25) is 25.1 Å². The summed E-state index contributed by atoms with van der Waals surface area (Å²) in [6.45, 7) is 3.71. The van der Waals surface area contributed by atoms with Crippen molar-refractivity contribution in [1.29, 1.82) is 0 Å². The van der Waals surface area contributed by atoms with Crippen LogP contribution >= 0.6 is 0 Å². The van der Waals surface area contributed by atoms with Gasteiger partial charge in [0.25, 0.3) is 11.8 Å². The predicted molar refractivity (Wildman–Crippen MR) is 123 cm³/mol. The Morgan fingerprint density at radius 1 is 0.970 bits per heavy atom. The van der Waals surface area contributed by atoms with Gasteiger partial charge < -0.3 is 4.74 Å². The number of hydrogen-bond acceptors (Lipinski definition) is 5. The normalized spacial score (nSPS) is 10.6. The first-order chi connectivity index (χ1) is 15.9. The van der Waals surface area contributed by atoms with E-state index < -0.39 is 11.8 Å². The monoisotopic (exact) mass is 444 g/mol. The number of rotatable bonds is 6. The summed E-state index contributed by atoms with van der Waals surface area (Å²) in [5, 5.41) is 8.89. The van der Waals surface area contributed by atoms with Crippen LogP contribution < -0.4 is 15.6 Å². The molecule has 2 heterocycles. The fourth-order valence-electron chi connectivity index (χ4n) is 3.44. The van der Waals surface area contributed by atoms with Crippen LogP contribution in [0.4, 0.5) is 0 Å². The topological polar surface area (TPSA) is 103 Å². The van der Waals surface area contributed by atoms with Crippen molar-refractivity contribution < 1.29 is 14.3 Å². The van der Waals surface area contributed by atoms with Gasteiger partial charge in [0.05, 0.1) is 24.1 Å². The third-order valence-electron chi connectivity index (χ3n) is 5.03. The van der Waals surface area contributed by atoms with Gasteiger partial charge >= 0.3 is 0 Å². The van der Waals surface area contributed by atoms with Crippen molar-refractivity contribution in [3.63, 3.8) is 0 Å². The molecule has 33 heavy (non-hydrogen) atoms. The van der Waals surface area contributed by atoms with E-state index in [9.17, 15) is 9.59 Å². The first-order valence-electron chi connectivity index (χ1n) is 10.3. The number of aromatic nitrogens is 4. The Bertz CT molecular complexity index is 1290. The molecule has 0 saturated carbocycles. The summed E-state index contributed by atoms with van der Waals surface area (Å²) >= 11 is 0. The van der Waals surface area contributed by atoms with Crippen LogP contribution in [0.3, 0.4) is 0 Å². The first kappa shape index (κ1) is 21.8. The highest BCUT2D eigenvalue weighted by atomic mass is 16.5. The SMILES string of the molecule is COc1cccc(-c2nn(-c3ccccc3)cc2C(=O)NNC(=O)Cn2nc(C)cc2C)c1. The number of amides is 2. The number of benzene rings is 2. The molecule has 9 heteroatoms. The Labute approximate surface area is 191 Å². The van der Waals surface area contributed by atoms with E-state index in [0.717, 1.165) is 17.1 Å². The number of aryl methyl sites for hydroxylation is 2. The van der Waals surface area contributed by atoms with Crippen molar-refractivity contribution in [2.45, 2.75) is 20.4 Å². The molecule has 2 N–H and O–H groups in total. The second-order valence-electron chi connectivity index (χ2n) is 7.49. The molecule has 168 valence electrons. The maximum Gasteiger partial charge on any atom is 0.273 e. The molecule has 0 aliphatic heterocycles. The van der Waals surface area contributed by atoms with Crippen LogP contribution in [0.1, 0.15) is 21.7 Å². The standard InChI is InChI=1S/C24H24N6O3/c1-16-12-17(2)29(27-16)15-22(31)25-26-24(32)21-14-30(19-9-5-4-6-10-19)28-23(21)18-8-7-11-20(13-18)33-3/h4-14H,15H2,1-3H3,(H,25,31)(H,26,32). The molecule has 2 aromatic heterocycles. The van der Waals surface area contributed by atoms with Crippen LogP contribution in [0.5, 0.6) is 5.75 Å². The number of ether oxygens (including phenoxy) is 1. The molecular formula is C24H24N6O3. The van der Waals surface area contributed by atoms with Gasteiger partial charge in [0.15, 0.2) is 0 Å². The molecule has 0 bridgehead atoms. The summed E-state index contributed by atoms with van der Waals surface area (Å²) < 4.78 is 8.52. The Kier molecular flexibility index (Phi) is 6.21. The van der Waals surface area contributed by atoms with Gasteiger partial charge in [-0.2, -0.15) is 10.2 Å². The van der Waals surface area contributed by atoms with Crippen LogP contribution in [0.2, 0.25) is 0 Å². The average Bonchev–Trinajstić information content (AvgIpc) is 3.41. The molecule has 0 aliphatic rings. The molecule has 4 rings (SSSR count). The lowest BCUT2D eigenvalue weighted by Gasteiger charge is -2.09. The lowest BCUT2D eigenvalue weighted by Crippen LogP contribution is -2.43. The van der Waals surface area contributed by atoms with E-state index in [1.807, 2.05) is 68.4 Å². The van der Waals surface area contributed by atoms with E-state index in [2.05, 4.69) is 21.0 Å². The third kappa shape index (κ3) is 4.93. The lowest BCUT2D eigenvalue weighted by atomic mass is 10.1. The van der Waals surface area contributed by atoms with Gasteiger partial charge in [-0.15, -0.1) is 0 Å². The molecule has 0 unspecified atom stereocenters. The van der Waals surface area contributed by atoms with Crippen molar-refractivity contribution in [1.82, 2.24) is 30.4 Å². The van der Waals surface area contributed by atoms with Crippen molar-refractivity contribution >= 4 is 11.8 Å². The maximum atomic E-state index is 13.0. The highest BCUT2D eigenvalue weighted by Gasteiger charge is 2.20. The quantitative estimate of drug-likeness (QED) is 0.445. The number of nitrogens with one attached hydrogen (secondary N) is 2. The molecule has 0 spiro atoms. The summed E-state index contributed by atoms with van der Waals surface area (Å²) in [7, 11) is 1.58. The minimum atomic E-state index is -0.489. The van der Waals surface area contributed by atoms with Gasteiger partial charge in [-0.25, -0.2) is 4.68 Å². The molecule has 9 nitrogen and oxygen atoms in total. The van der Waals surface area contributed by atoms with E-state index >= 15 is 0 Å². The smallest absolute Gasteiger partial charge is 0.273 e. The average molecular weight is 444 g/mol. The van der Waals surface area contributed by atoms with E-state index in [4.69, 9.17) is 4.74 Å². The largest absolute Gasteiger partial charge is 0.497 e. The van der Waals surface area contributed by atoms with E-state index in [0.29, 0.717) is 22.6 Å². The maximum absolute atomic E-state index is 13.0. The number of para-hydroxylation sites is 1. The molecule has 0 atom stereocenters. The zero-order valence-electron chi connectivity index (χ0n) is 18.6. The molecule has 0 fully saturated rings. The minimum Gasteiger partial charge on any atom is -0.497 e. The van der Waals surface area contributed by atoms with Crippen LogP contribution in [0, 0.1) is 13.8 Å². The molecule has 0 radical (unpaired) electrons. The Hall–Kier alpha value is -4.40. The van der Waals surface area contributed by atoms with Crippen molar-refractivity contribution in [3.05, 3.63) is 83.8 Å². The zero-order valence-corrected chi connectivity index (χ0v) is 18.6. The van der Waals surface area contributed by atoms with Crippen LogP contribution in [0.25, 0.3) is 16.9 Å². The van der Waals surface area contributed by atoms with Crippen LogP contribution in [-0.2, 0) is 11.3 Å². The number of carbonyl (C=O) groups is 2. The zero-order chi connectivity index (χ0) is 23.4. The van der Waals surface area contributed by atoms with Gasteiger partial charge in [0.2, 0.25) is 0 Å². The summed E-state index contributed by atoms with van der Waals surface area (Å²) in [5.41, 5.74) is 8.90.